The van der Waals surface area contributed by atoms with Crippen molar-refractivity contribution in [3.8, 4) is 28.1 Å². The monoisotopic (exact) mass is 447 g/mol. The molecule has 0 aliphatic carbocycles. The van der Waals surface area contributed by atoms with E-state index < -0.39 is 5.82 Å². The van der Waals surface area contributed by atoms with Crippen LogP contribution in [0.3, 0.4) is 0 Å². The van der Waals surface area contributed by atoms with E-state index in [9.17, 15) is 9.18 Å². The van der Waals surface area contributed by atoms with Gasteiger partial charge in [-0.3, -0.25) is 9.36 Å². The largest absolute Gasteiger partial charge is 0.354 e. The van der Waals surface area contributed by atoms with Gasteiger partial charge in [0.2, 0.25) is 0 Å². The van der Waals surface area contributed by atoms with Crippen molar-refractivity contribution in [3.63, 3.8) is 0 Å². The normalized spacial score (nSPS) is 11.4. The van der Waals surface area contributed by atoms with E-state index in [1.807, 2.05) is 37.3 Å². The van der Waals surface area contributed by atoms with E-state index in [0.29, 0.717) is 11.2 Å². The lowest BCUT2D eigenvalue weighted by atomic mass is 9.96. The van der Waals surface area contributed by atoms with Crippen molar-refractivity contribution in [1.29, 1.82) is 0 Å². The summed E-state index contributed by atoms with van der Waals surface area (Å²) >= 11 is 0. The van der Waals surface area contributed by atoms with Crippen LogP contribution in [-0.4, -0.2) is 24.5 Å². The van der Waals surface area contributed by atoms with E-state index in [-0.39, 0.29) is 10.9 Å². The second-order valence-corrected chi connectivity index (χ2v) is 8.11. The molecule has 3 aromatic heterocycles. The molecule has 0 fully saturated rings. The number of nitrogens with one attached hydrogen (secondary N) is 1. The molecule has 6 aromatic rings. The molecule has 0 spiro atoms. The van der Waals surface area contributed by atoms with E-state index >= 15 is 0 Å². The van der Waals surface area contributed by atoms with E-state index in [0.717, 1.165) is 38.9 Å². The Balaban J connectivity index is 1.54. The molecule has 0 atom stereocenters. The highest BCUT2D eigenvalue weighted by atomic mass is 19.1. The first-order chi connectivity index (χ1) is 16.6. The van der Waals surface area contributed by atoms with Gasteiger partial charge in [-0.15, -0.1) is 0 Å². The van der Waals surface area contributed by atoms with Gasteiger partial charge in [-0.2, -0.15) is 0 Å². The SMILES string of the molecule is Cc1c(-c2cccc3[nH]c(-c4cncnc4)cc23)cccc1-n1cnc2ccc(F)cc2c1=O. The molecule has 1 N–H and O–H groups in total. The predicted octanol–water partition coefficient (Wildman–Crippen LogP) is 5.44. The lowest BCUT2D eigenvalue weighted by molar-refractivity contribution is 0.629. The number of H-pyrrole nitrogens is 1. The first-order valence-electron chi connectivity index (χ1n) is 10.7. The Bertz CT molecular complexity index is 1750. The highest BCUT2D eigenvalue weighted by Crippen LogP contribution is 2.35. The Morgan fingerprint density at radius 3 is 2.56 bits per heavy atom. The Hall–Kier alpha value is -4.65. The van der Waals surface area contributed by atoms with Crippen molar-refractivity contribution in [2.45, 2.75) is 6.92 Å². The second-order valence-electron chi connectivity index (χ2n) is 8.11. The number of rotatable bonds is 3. The van der Waals surface area contributed by atoms with Crippen LogP contribution in [0.1, 0.15) is 5.56 Å². The van der Waals surface area contributed by atoms with Gasteiger partial charge in [0.1, 0.15) is 18.5 Å². The number of hydrogen-bond acceptors (Lipinski definition) is 4. The maximum atomic E-state index is 13.8. The average Bonchev–Trinajstić information content (AvgIpc) is 3.31. The molecule has 7 heteroatoms. The fraction of sp³-hybridized carbons (Fsp3) is 0.0370. The second kappa shape index (κ2) is 7.74. The van der Waals surface area contributed by atoms with Gasteiger partial charge in [-0.25, -0.2) is 19.3 Å². The number of hydrogen-bond donors (Lipinski definition) is 1. The third-order valence-corrected chi connectivity index (χ3v) is 6.11. The van der Waals surface area contributed by atoms with Crippen LogP contribution in [0.15, 0.2) is 90.5 Å². The Labute approximate surface area is 193 Å². The highest BCUT2D eigenvalue weighted by molar-refractivity contribution is 5.99. The van der Waals surface area contributed by atoms with Crippen LogP contribution in [0.4, 0.5) is 4.39 Å². The molecule has 0 saturated carbocycles. The fourth-order valence-corrected chi connectivity index (χ4v) is 4.43. The zero-order chi connectivity index (χ0) is 23.2. The van der Waals surface area contributed by atoms with Gasteiger partial charge >= 0.3 is 0 Å². The van der Waals surface area contributed by atoms with E-state index in [2.05, 4.69) is 32.1 Å². The molecule has 0 radical (unpaired) electrons. The number of aromatic nitrogens is 5. The third kappa shape index (κ3) is 3.17. The van der Waals surface area contributed by atoms with Crippen LogP contribution in [0.2, 0.25) is 0 Å². The fourth-order valence-electron chi connectivity index (χ4n) is 4.43. The van der Waals surface area contributed by atoms with Crippen LogP contribution in [0, 0.1) is 12.7 Å². The summed E-state index contributed by atoms with van der Waals surface area (Å²) in [5.41, 5.74) is 6.60. The van der Waals surface area contributed by atoms with Crippen LogP contribution in [0.5, 0.6) is 0 Å². The maximum Gasteiger partial charge on any atom is 0.265 e. The minimum absolute atomic E-state index is 0.245. The Morgan fingerprint density at radius 2 is 1.71 bits per heavy atom. The number of benzene rings is 3. The molecule has 0 aliphatic heterocycles. The molecular weight excluding hydrogens is 429 g/mol. The number of halogens is 1. The van der Waals surface area contributed by atoms with Crippen LogP contribution in [0.25, 0.3) is 49.9 Å². The van der Waals surface area contributed by atoms with Crippen LogP contribution in [-0.2, 0) is 0 Å². The van der Waals surface area contributed by atoms with E-state index in [1.165, 1.54) is 35.4 Å². The van der Waals surface area contributed by atoms with Crippen molar-refractivity contribution in [2.75, 3.05) is 0 Å². The average molecular weight is 447 g/mol. The zero-order valence-corrected chi connectivity index (χ0v) is 18.2. The molecule has 6 nitrogen and oxygen atoms in total. The van der Waals surface area contributed by atoms with Gasteiger partial charge in [0.15, 0.2) is 0 Å². The van der Waals surface area contributed by atoms with Gasteiger partial charge in [0.25, 0.3) is 5.56 Å². The number of aromatic amines is 1. The first-order valence-corrected chi connectivity index (χ1v) is 10.7. The molecule has 0 saturated heterocycles. The summed E-state index contributed by atoms with van der Waals surface area (Å²) in [6.45, 7) is 1.98. The summed E-state index contributed by atoms with van der Waals surface area (Å²) in [5, 5.41) is 1.29. The lowest BCUT2D eigenvalue weighted by Crippen LogP contribution is -2.20. The Morgan fingerprint density at radius 1 is 0.912 bits per heavy atom. The van der Waals surface area contributed by atoms with Gasteiger partial charge in [-0.1, -0.05) is 24.3 Å². The molecule has 0 bridgehead atoms. The predicted molar refractivity (Wildman–Crippen MR) is 130 cm³/mol. The summed E-state index contributed by atoms with van der Waals surface area (Å²) in [7, 11) is 0. The molecule has 3 aromatic carbocycles. The van der Waals surface area contributed by atoms with Crippen molar-refractivity contribution < 1.29 is 4.39 Å². The highest BCUT2D eigenvalue weighted by Gasteiger charge is 2.15. The smallest absolute Gasteiger partial charge is 0.265 e. The Kier molecular flexibility index (Phi) is 4.55. The summed E-state index contributed by atoms with van der Waals surface area (Å²) in [5.74, 6) is -0.464. The molecule has 6 rings (SSSR count). The van der Waals surface area contributed by atoms with Crippen LogP contribution >= 0.6 is 0 Å². The van der Waals surface area contributed by atoms with Gasteiger partial charge in [-0.05, 0) is 60.0 Å². The quantitative estimate of drug-likeness (QED) is 0.392. The summed E-state index contributed by atoms with van der Waals surface area (Å²) < 4.78 is 15.3. The summed E-state index contributed by atoms with van der Waals surface area (Å²) in [4.78, 5) is 29.2. The molecule has 34 heavy (non-hydrogen) atoms. The summed E-state index contributed by atoms with van der Waals surface area (Å²) in [6.07, 6.45) is 6.54. The van der Waals surface area contributed by atoms with Crippen molar-refractivity contribution >= 4 is 21.8 Å². The number of nitrogens with zero attached hydrogens (tertiary/aromatic N) is 4. The summed E-state index contributed by atoms with van der Waals surface area (Å²) in [6, 6.07) is 18.0. The van der Waals surface area contributed by atoms with E-state index in [4.69, 9.17) is 0 Å². The lowest BCUT2D eigenvalue weighted by Gasteiger charge is -2.14. The molecule has 0 aliphatic rings. The number of fused-ring (bicyclic) bond motifs is 2. The topological polar surface area (TPSA) is 76.5 Å². The standard InChI is InChI=1S/C27H18FN5O/c1-16-19(20-5-2-6-24-21(20)11-25(32-24)17-12-29-14-30-13-17)4-3-7-26(16)33-15-31-23-9-8-18(28)10-22(23)27(33)34/h2-15,32H,1H3. The van der Waals surface area contributed by atoms with Gasteiger partial charge in [0, 0.05) is 34.6 Å². The van der Waals surface area contributed by atoms with Gasteiger partial charge in [0.05, 0.1) is 16.6 Å². The van der Waals surface area contributed by atoms with Crippen molar-refractivity contribution in [3.05, 3.63) is 107 Å². The first kappa shape index (κ1) is 20.0. The minimum Gasteiger partial charge on any atom is -0.354 e. The molecule has 0 amide bonds. The van der Waals surface area contributed by atoms with Crippen molar-refractivity contribution in [1.82, 2.24) is 24.5 Å². The van der Waals surface area contributed by atoms with E-state index in [1.54, 1.807) is 12.4 Å². The van der Waals surface area contributed by atoms with Crippen molar-refractivity contribution in [2.24, 2.45) is 0 Å². The van der Waals surface area contributed by atoms with Crippen LogP contribution < -0.4 is 5.56 Å². The molecule has 3 heterocycles. The van der Waals surface area contributed by atoms with Gasteiger partial charge < -0.3 is 4.98 Å². The third-order valence-electron chi connectivity index (χ3n) is 6.11. The minimum atomic E-state index is -0.464. The zero-order valence-electron chi connectivity index (χ0n) is 18.2. The maximum absolute atomic E-state index is 13.8. The molecular formula is C27H18FN5O. The molecule has 164 valence electrons. The molecule has 0 unspecified atom stereocenters.